The van der Waals surface area contributed by atoms with E-state index in [0.29, 0.717) is 19.1 Å². The van der Waals surface area contributed by atoms with Crippen LogP contribution in [-0.4, -0.2) is 31.6 Å². The van der Waals surface area contributed by atoms with E-state index in [1.54, 1.807) is 0 Å². The highest BCUT2D eigenvalue weighted by Crippen LogP contribution is 2.27. The average Bonchev–Trinajstić information content (AvgIpc) is 2.45. The van der Waals surface area contributed by atoms with Gasteiger partial charge in [-0.15, -0.1) is 0 Å². The smallest absolute Gasteiger partial charge is 0.318 e. The molecule has 0 aliphatic heterocycles. The van der Waals surface area contributed by atoms with Crippen molar-refractivity contribution < 1.29 is 14.3 Å². The van der Waals surface area contributed by atoms with Crippen LogP contribution in [0.15, 0.2) is 24.3 Å². The van der Waals surface area contributed by atoms with Crippen LogP contribution in [-0.2, 0) is 19.7 Å². The van der Waals surface area contributed by atoms with Gasteiger partial charge in [-0.05, 0) is 25.3 Å². The van der Waals surface area contributed by atoms with Crippen LogP contribution < -0.4 is 0 Å². The van der Waals surface area contributed by atoms with Crippen molar-refractivity contribution in [2.24, 2.45) is 5.92 Å². The van der Waals surface area contributed by atoms with Gasteiger partial charge < -0.3 is 9.47 Å². The number of carbonyl (C=O) groups excluding carboxylic acids is 1. The molecule has 1 aromatic rings. The van der Waals surface area contributed by atoms with E-state index in [0.717, 1.165) is 16.5 Å². The van der Waals surface area contributed by atoms with Crippen LogP contribution in [0.4, 0.5) is 0 Å². The molecule has 0 bridgehead atoms. The molecular weight excluding hydrogens is 320 g/mol. The van der Waals surface area contributed by atoms with Gasteiger partial charge in [0.1, 0.15) is 5.41 Å². The second-order valence-electron chi connectivity index (χ2n) is 5.47. The number of hydrogen-bond acceptors (Lipinski definition) is 3. The van der Waals surface area contributed by atoms with Gasteiger partial charge in [0.25, 0.3) is 0 Å². The summed E-state index contributed by atoms with van der Waals surface area (Å²) in [5.41, 5.74) is 1.27. The second-order valence-corrected chi connectivity index (χ2v) is 6.12. The fourth-order valence-corrected chi connectivity index (χ4v) is 2.17. The van der Waals surface area contributed by atoms with Crippen LogP contribution >= 0.6 is 15.9 Å². The zero-order valence-electron chi connectivity index (χ0n) is 12.6. The van der Waals surface area contributed by atoms with E-state index in [1.807, 2.05) is 38.1 Å². The van der Waals surface area contributed by atoms with E-state index < -0.39 is 5.41 Å². The number of esters is 1. The zero-order valence-corrected chi connectivity index (χ0v) is 14.2. The van der Waals surface area contributed by atoms with Gasteiger partial charge in [0.05, 0.1) is 13.7 Å². The van der Waals surface area contributed by atoms with Crippen molar-refractivity contribution in [2.45, 2.75) is 26.2 Å². The highest BCUT2D eigenvalue weighted by atomic mass is 79.9. The molecule has 2 atom stereocenters. The molecule has 112 valence electrons. The number of benzene rings is 1. The van der Waals surface area contributed by atoms with Gasteiger partial charge in [-0.2, -0.15) is 0 Å². The molecule has 0 heterocycles. The van der Waals surface area contributed by atoms with Crippen molar-refractivity contribution >= 4 is 21.9 Å². The Hall–Kier alpha value is -0.870. The Morgan fingerprint density at radius 3 is 2.70 bits per heavy atom. The molecule has 0 radical (unpaired) electrons. The quantitative estimate of drug-likeness (QED) is 0.562. The molecule has 1 aromatic carbocycles. The Kier molecular flexibility index (Phi) is 6.69. The topological polar surface area (TPSA) is 35.5 Å². The molecule has 0 saturated heterocycles. The zero-order chi connectivity index (χ0) is 15.2. The number of aryl methyl sites for hydroxylation is 1. The molecule has 3 nitrogen and oxygen atoms in total. The summed E-state index contributed by atoms with van der Waals surface area (Å²) in [5.74, 6) is 0.143. The number of halogens is 1. The molecule has 20 heavy (non-hydrogen) atoms. The standard InChI is InChI=1S/C16H23BrO3/c1-12-6-5-7-14(8-12)16(3,15(18)19-4)11-20-10-13(2)9-17/h5-8,13H,9-11H2,1-4H3. The van der Waals surface area contributed by atoms with Crippen molar-refractivity contribution in [3.8, 4) is 0 Å². The molecule has 2 unspecified atom stereocenters. The lowest BCUT2D eigenvalue weighted by atomic mass is 9.82. The van der Waals surface area contributed by atoms with Gasteiger partial charge in [0, 0.05) is 11.9 Å². The third kappa shape index (κ3) is 4.32. The normalized spacial score (nSPS) is 15.4. The average molecular weight is 343 g/mol. The third-order valence-electron chi connectivity index (χ3n) is 3.35. The van der Waals surface area contributed by atoms with Crippen LogP contribution in [0.25, 0.3) is 0 Å². The molecule has 0 fully saturated rings. The van der Waals surface area contributed by atoms with E-state index in [2.05, 4.69) is 22.9 Å². The van der Waals surface area contributed by atoms with Crippen molar-refractivity contribution in [1.29, 1.82) is 0 Å². The van der Waals surface area contributed by atoms with Gasteiger partial charge in [-0.3, -0.25) is 4.79 Å². The lowest BCUT2D eigenvalue weighted by Crippen LogP contribution is -2.39. The summed E-state index contributed by atoms with van der Waals surface area (Å²) < 4.78 is 10.7. The summed E-state index contributed by atoms with van der Waals surface area (Å²) in [4.78, 5) is 12.2. The van der Waals surface area contributed by atoms with Crippen LogP contribution in [0.1, 0.15) is 25.0 Å². The molecule has 0 amide bonds. The molecular formula is C16H23BrO3. The van der Waals surface area contributed by atoms with E-state index in [1.165, 1.54) is 7.11 Å². The van der Waals surface area contributed by atoms with Crippen LogP contribution in [0, 0.1) is 12.8 Å². The minimum atomic E-state index is -0.771. The number of carbonyl (C=O) groups is 1. The molecule has 0 aliphatic carbocycles. The Labute approximate surface area is 129 Å². The van der Waals surface area contributed by atoms with Gasteiger partial charge in [0.15, 0.2) is 0 Å². The minimum Gasteiger partial charge on any atom is -0.468 e. The monoisotopic (exact) mass is 342 g/mol. The van der Waals surface area contributed by atoms with E-state index in [4.69, 9.17) is 9.47 Å². The van der Waals surface area contributed by atoms with Gasteiger partial charge in [-0.25, -0.2) is 0 Å². The van der Waals surface area contributed by atoms with Crippen LogP contribution in [0.2, 0.25) is 0 Å². The van der Waals surface area contributed by atoms with Crippen molar-refractivity contribution in [3.63, 3.8) is 0 Å². The van der Waals surface area contributed by atoms with Gasteiger partial charge in [-0.1, -0.05) is 52.7 Å². The third-order valence-corrected chi connectivity index (χ3v) is 4.45. The first-order valence-corrected chi connectivity index (χ1v) is 7.85. The van der Waals surface area contributed by atoms with Gasteiger partial charge in [0.2, 0.25) is 0 Å². The molecule has 0 N–H and O–H groups in total. The summed E-state index contributed by atoms with van der Waals surface area (Å²) in [6.45, 7) is 6.91. The number of rotatable bonds is 7. The Balaban J connectivity index is 2.90. The largest absolute Gasteiger partial charge is 0.468 e. The lowest BCUT2D eigenvalue weighted by Gasteiger charge is -2.27. The molecule has 4 heteroatoms. The Morgan fingerprint density at radius 1 is 1.45 bits per heavy atom. The molecule has 0 saturated carbocycles. The van der Waals surface area contributed by atoms with E-state index in [9.17, 15) is 4.79 Å². The minimum absolute atomic E-state index is 0.269. The van der Waals surface area contributed by atoms with E-state index >= 15 is 0 Å². The Bertz CT molecular complexity index is 447. The molecule has 0 aliphatic rings. The first-order valence-electron chi connectivity index (χ1n) is 6.73. The summed E-state index contributed by atoms with van der Waals surface area (Å²) >= 11 is 3.42. The van der Waals surface area contributed by atoms with Crippen LogP contribution in [0.3, 0.4) is 0 Å². The predicted octanol–water partition coefficient (Wildman–Crippen LogP) is 3.47. The number of ether oxygens (including phenoxy) is 2. The van der Waals surface area contributed by atoms with E-state index in [-0.39, 0.29) is 5.97 Å². The maximum absolute atomic E-state index is 12.2. The van der Waals surface area contributed by atoms with Crippen molar-refractivity contribution in [3.05, 3.63) is 35.4 Å². The van der Waals surface area contributed by atoms with Crippen molar-refractivity contribution in [1.82, 2.24) is 0 Å². The number of hydrogen-bond donors (Lipinski definition) is 0. The highest BCUT2D eigenvalue weighted by Gasteiger charge is 2.37. The number of alkyl halides is 1. The summed E-state index contributed by atoms with van der Waals surface area (Å²) in [6.07, 6.45) is 0. The summed E-state index contributed by atoms with van der Waals surface area (Å²) in [7, 11) is 1.41. The number of methoxy groups -OCH3 is 1. The lowest BCUT2D eigenvalue weighted by molar-refractivity contribution is -0.149. The van der Waals surface area contributed by atoms with Crippen LogP contribution in [0.5, 0.6) is 0 Å². The maximum Gasteiger partial charge on any atom is 0.318 e. The first kappa shape index (κ1) is 17.2. The highest BCUT2D eigenvalue weighted by molar-refractivity contribution is 9.09. The first-order chi connectivity index (χ1) is 9.43. The molecule has 1 rings (SSSR count). The summed E-state index contributed by atoms with van der Waals surface area (Å²) in [5, 5.41) is 0.881. The molecule has 0 aromatic heterocycles. The van der Waals surface area contributed by atoms with Crippen molar-refractivity contribution in [2.75, 3.05) is 25.7 Å². The van der Waals surface area contributed by atoms with Gasteiger partial charge >= 0.3 is 5.97 Å². The predicted molar refractivity (Wildman–Crippen MR) is 84.3 cm³/mol. The Morgan fingerprint density at radius 2 is 2.15 bits per heavy atom. The fourth-order valence-electron chi connectivity index (χ4n) is 1.98. The maximum atomic E-state index is 12.2. The SMILES string of the molecule is COC(=O)C(C)(COCC(C)CBr)c1cccc(C)c1. The summed E-state index contributed by atoms with van der Waals surface area (Å²) in [6, 6.07) is 7.91. The molecule has 0 spiro atoms. The fraction of sp³-hybridized carbons (Fsp3) is 0.562. The second kappa shape index (κ2) is 7.79.